The van der Waals surface area contributed by atoms with Crippen molar-refractivity contribution in [3.05, 3.63) is 24.3 Å². The molecule has 0 aliphatic carbocycles. The number of ether oxygens (including phenoxy) is 1. The van der Waals surface area contributed by atoms with Crippen molar-refractivity contribution in [3.8, 4) is 0 Å². The predicted octanol–water partition coefficient (Wildman–Crippen LogP) is 2.05. The zero-order valence-electron chi connectivity index (χ0n) is 14.9. The van der Waals surface area contributed by atoms with Gasteiger partial charge in [0.1, 0.15) is 12.1 Å². The van der Waals surface area contributed by atoms with Gasteiger partial charge >= 0.3 is 6.09 Å². The fourth-order valence-corrected chi connectivity index (χ4v) is 2.67. The predicted molar refractivity (Wildman–Crippen MR) is 89.5 cm³/mol. The van der Waals surface area contributed by atoms with Gasteiger partial charge in [0.05, 0.1) is 5.69 Å². The number of piperidine rings is 1. The number of hydrogen-bond donors (Lipinski definition) is 0. The maximum Gasteiger partial charge on any atom is 0.410 e. The van der Waals surface area contributed by atoms with E-state index in [1.165, 1.54) is 4.90 Å². The van der Waals surface area contributed by atoms with Crippen molar-refractivity contribution in [2.75, 3.05) is 26.7 Å². The molecule has 1 atom stereocenters. The summed E-state index contributed by atoms with van der Waals surface area (Å²) in [5.41, 5.74) is 0.340. The van der Waals surface area contributed by atoms with Gasteiger partial charge in [0.15, 0.2) is 0 Å². The fraction of sp³-hybridized carbons (Fsp3) is 0.647. The Morgan fingerprint density at radius 3 is 2.75 bits per heavy atom. The highest BCUT2D eigenvalue weighted by atomic mass is 16.6. The van der Waals surface area contributed by atoms with Crippen LogP contribution in [0.15, 0.2) is 18.6 Å². The number of rotatable bonds is 3. The molecule has 0 bridgehead atoms. The largest absolute Gasteiger partial charge is 0.444 e. The fourth-order valence-electron chi connectivity index (χ4n) is 2.67. The summed E-state index contributed by atoms with van der Waals surface area (Å²) < 4.78 is 5.28. The van der Waals surface area contributed by atoms with Crippen LogP contribution in [0.2, 0.25) is 0 Å². The minimum atomic E-state index is -0.573. The van der Waals surface area contributed by atoms with E-state index in [0.29, 0.717) is 13.1 Å². The lowest BCUT2D eigenvalue weighted by Crippen LogP contribution is -2.46. The molecule has 0 radical (unpaired) electrons. The molecule has 2 heterocycles. The molecule has 1 fully saturated rings. The lowest BCUT2D eigenvalue weighted by molar-refractivity contribution is -0.133. The first kappa shape index (κ1) is 18.2. The average molecular weight is 334 g/mol. The Hall–Kier alpha value is -2.18. The van der Waals surface area contributed by atoms with Crippen LogP contribution in [0.25, 0.3) is 0 Å². The Labute approximate surface area is 143 Å². The summed E-state index contributed by atoms with van der Waals surface area (Å²) in [4.78, 5) is 36.0. The molecular weight excluding hydrogens is 308 g/mol. The first-order valence-corrected chi connectivity index (χ1v) is 8.24. The van der Waals surface area contributed by atoms with Crippen molar-refractivity contribution in [3.63, 3.8) is 0 Å². The van der Waals surface area contributed by atoms with E-state index in [2.05, 4.69) is 9.97 Å². The summed E-state index contributed by atoms with van der Waals surface area (Å²) in [5.74, 6) is 0.125. The van der Waals surface area contributed by atoms with Crippen LogP contribution in [-0.4, -0.2) is 64.1 Å². The molecular formula is C17H26N4O3. The van der Waals surface area contributed by atoms with E-state index in [1.54, 1.807) is 51.3 Å². The Bertz CT molecular complexity index is 571. The van der Waals surface area contributed by atoms with Gasteiger partial charge in [-0.15, -0.1) is 0 Å². The molecule has 0 spiro atoms. The summed E-state index contributed by atoms with van der Waals surface area (Å²) in [6, 6.07) is 0. The number of amides is 2. The van der Waals surface area contributed by atoms with Crippen molar-refractivity contribution < 1.29 is 14.3 Å². The summed E-state index contributed by atoms with van der Waals surface area (Å²) in [6.45, 7) is 6.74. The van der Waals surface area contributed by atoms with Crippen molar-refractivity contribution >= 4 is 12.0 Å². The molecule has 2 amide bonds. The van der Waals surface area contributed by atoms with Crippen LogP contribution in [-0.2, 0) is 9.53 Å². The van der Waals surface area contributed by atoms with Gasteiger partial charge in [-0.25, -0.2) is 4.79 Å². The van der Waals surface area contributed by atoms with Crippen LogP contribution < -0.4 is 0 Å². The first-order chi connectivity index (χ1) is 11.3. The number of aromatic nitrogens is 2. The summed E-state index contributed by atoms with van der Waals surface area (Å²) in [7, 11) is 1.58. The molecule has 24 heavy (non-hydrogen) atoms. The zero-order valence-corrected chi connectivity index (χ0v) is 14.9. The van der Waals surface area contributed by atoms with Crippen LogP contribution >= 0.6 is 0 Å². The molecule has 7 nitrogen and oxygen atoms in total. The summed E-state index contributed by atoms with van der Waals surface area (Å²) in [5, 5.41) is 0. The highest BCUT2D eigenvalue weighted by Gasteiger charge is 2.28. The Balaban J connectivity index is 1.91. The standard InChI is InChI=1S/C17H26N4O3/c1-17(2,3)24-16(23)20(4)12-15(22)21-9-5-6-13(11-21)14-10-18-7-8-19-14/h7-8,10,13H,5-6,9,11-12H2,1-4H3. The second-order valence-electron chi connectivity index (χ2n) is 7.15. The molecule has 2 rings (SSSR count). The first-order valence-electron chi connectivity index (χ1n) is 8.24. The Kier molecular flexibility index (Phi) is 5.75. The van der Waals surface area contributed by atoms with Gasteiger partial charge in [-0.1, -0.05) is 0 Å². The lowest BCUT2D eigenvalue weighted by Gasteiger charge is -2.33. The van der Waals surface area contributed by atoms with E-state index >= 15 is 0 Å². The second-order valence-corrected chi connectivity index (χ2v) is 7.15. The van der Waals surface area contributed by atoms with E-state index in [1.807, 2.05) is 0 Å². The van der Waals surface area contributed by atoms with Crippen molar-refractivity contribution in [2.24, 2.45) is 0 Å². The highest BCUT2D eigenvalue weighted by molar-refractivity contribution is 5.82. The monoisotopic (exact) mass is 334 g/mol. The van der Waals surface area contributed by atoms with Crippen LogP contribution in [0, 0.1) is 0 Å². The van der Waals surface area contributed by atoms with Gasteiger partial charge in [-0.2, -0.15) is 0 Å². The van der Waals surface area contributed by atoms with Gasteiger partial charge < -0.3 is 14.5 Å². The summed E-state index contributed by atoms with van der Waals surface area (Å²) >= 11 is 0. The molecule has 1 aliphatic rings. The number of carbonyl (C=O) groups excluding carboxylic acids is 2. The van der Waals surface area contributed by atoms with Gasteiger partial charge in [-0.05, 0) is 33.6 Å². The molecule has 0 N–H and O–H groups in total. The molecule has 1 saturated heterocycles. The van der Waals surface area contributed by atoms with Gasteiger partial charge in [0, 0.05) is 44.6 Å². The van der Waals surface area contributed by atoms with Crippen LogP contribution in [0.1, 0.15) is 45.2 Å². The van der Waals surface area contributed by atoms with E-state index in [0.717, 1.165) is 18.5 Å². The van der Waals surface area contributed by atoms with Crippen molar-refractivity contribution in [1.82, 2.24) is 19.8 Å². The molecule has 0 saturated carbocycles. The third-order valence-electron chi connectivity index (χ3n) is 3.85. The third-order valence-corrected chi connectivity index (χ3v) is 3.85. The minimum Gasteiger partial charge on any atom is -0.444 e. The summed E-state index contributed by atoms with van der Waals surface area (Å²) in [6.07, 6.45) is 6.49. The number of likely N-dealkylation sites (tertiary alicyclic amines) is 1. The number of carbonyl (C=O) groups is 2. The number of hydrogen-bond acceptors (Lipinski definition) is 5. The van der Waals surface area contributed by atoms with Crippen LogP contribution in [0.4, 0.5) is 4.79 Å². The van der Waals surface area contributed by atoms with Crippen LogP contribution in [0.3, 0.4) is 0 Å². The van der Waals surface area contributed by atoms with Gasteiger partial charge in [0.25, 0.3) is 0 Å². The van der Waals surface area contributed by atoms with Gasteiger partial charge in [-0.3, -0.25) is 14.8 Å². The molecule has 7 heteroatoms. The van der Waals surface area contributed by atoms with Crippen molar-refractivity contribution in [1.29, 1.82) is 0 Å². The zero-order chi connectivity index (χ0) is 17.7. The molecule has 0 aromatic carbocycles. The number of likely N-dealkylation sites (N-methyl/N-ethyl adjacent to an activating group) is 1. The smallest absolute Gasteiger partial charge is 0.410 e. The molecule has 1 unspecified atom stereocenters. The average Bonchev–Trinajstić information content (AvgIpc) is 2.54. The third kappa shape index (κ3) is 5.18. The SMILES string of the molecule is CN(CC(=O)N1CCCC(c2cnccn2)C1)C(=O)OC(C)(C)C. The number of nitrogens with zero attached hydrogens (tertiary/aromatic N) is 4. The highest BCUT2D eigenvalue weighted by Crippen LogP contribution is 2.25. The molecule has 132 valence electrons. The quantitative estimate of drug-likeness (QED) is 0.845. The Morgan fingerprint density at radius 2 is 2.12 bits per heavy atom. The van der Waals surface area contributed by atoms with Crippen LogP contribution in [0.5, 0.6) is 0 Å². The Morgan fingerprint density at radius 1 is 1.38 bits per heavy atom. The van der Waals surface area contributed by atoms with Gasteiger partial charge in [0.2, 0.25) is 5.91 Å². The van der Waals surface area contributed by atoms with Crippen molar-refractivity contribution in [2.45, 2.75) is 45.1 Å². The molecule has 1 aliphatic heterocycles. The van der Waals surface area contributed by atoms with E-state index in [-0.39, 0.29) is 18.4 Å². The second kappa shape index (κ2) is 7.59. The van der Waals surface area contributed by atoms with E-state index in [9.17, 15) is 9.59 Å². The maximum atomic E-state index is 12.5. The maximum absolute atomic E-state index is 12.5. The normalized spacial score (nSPS) is 18.2. The lowest BCUT2D eigenvalue weighted by atomic mass is 9.95. The van der Waals surface area contributed by atoms with E-state index < -0.39 is 11.7 Å². The molecule has 1 aromatic rings. The molecule has 1 aromatic heterocycles. The minimum absolute atomic E-state index is 0.0160. The topological polar surface area (TPSA) is 75.6 Å². The van der Waals surface area contributed by atoms with E-state index in [4.69, 9.17) is 4.74 Å².